The second-order valence-corrected chi connectivity index (χ2v) is 4.94. The van der Waals surface area contributed by atoms with Crippen LogP contribution in [0.5, 0.6) is 0 Å². The van der Waals surface area contributed by atoms with Crippen LogP contribution in [-0.2, 0) is 4.74 Å². The smallest absolute Gasteiger partial charge is 0.408 e. The van der Waals surface area contributed by atoms with Crippen molar-refractivity contribution in [2.75, 3.05) is 13.2 Å². The molecule has 0 aromatic rings. The van der Waals surface area contributed by atoms with Gasteiger partial charge >= 0.3 is 6.09 Å². The molecule has 1 saturated heterocycles. The Balaban J connectivity index is 2.41. The van der Waals surface area contributed by atoms with E-state index in [0.29, 0.717) is 6.54 Å². The average Bonchev–Trinajstić information content (AvgIpc) is 2.44. The number of hydrogen-bond donors (Lipinski definition) is 4. The van der Waals surface area contributed by atoms with Crippen LogP contribution < -0.4 is 10.6 Å². The number of ether oxygens (including phenoxy) is 1. The van der Waals surface area contributed by atoms with Gasteiger partial charge in [-0.25, -0.2) is 4.79 Å². The van der Waals surface area contributed by atoms with Crippen molar-refractivity contribution in [3.63, 3.8) is 0 Å². The van der Waals surface area contributed by atoms with Crippen molar-refractivity contribution in [3.8, 4) is 0 Å². The van der Waals surface area contributed by atoms with E-state index in [0.717, 1.165) is 0 Å². The predicted molar refractivity (Wildman–Crippen MR) is 58.0 cm³/mol. The predicted octanol–water partition coefficient (Wildman–Crippen LogP) is -0.795. The first-order valence-electron chi connectivity index (χ1n) is 5.35. The molecule has 0 aromatic carbocycles. The molecular formula is C10H20N2O4. The van der Waals surface area contributed by atoms with Gasteiger partial charge in [-0.1, -0.05) is 0 Å². The molecule has 0 aliphatic carbocycles. The normalized spacial score (nSPS) is 30.2. The van der Waals surface area contributed by atoms with Crippen molar-refractivity contribution >= 4 is 6.09 Å². The van der Waals surface area contributed by atoms with E-state index in [1.165, 1.54) is 0 Å². The van der Waals surface area contributed by atoms with Gasteiger partial charge in [-0.3, -0.25) is 0 Å². The summed E-state index contributed by atoms with van der Waals surface area (Å²) in [4.78, 5) is 11.4. The standard InChI is InChI=1S/C10H20N2O4/c1-10(2,3)16-9(15)12-6-4-11-7(5-13)8(6)14/h6-8,11,13-14H,4-5H2,1-3H3,(H,12,15)/t6-,7-,8+/m1/s1. The fourth-order valence-electron chi connectivity index (χ4n) is 1.57. The topological polar surface area (TPSA) is 90.8 Å². The van der Waals surface area contributed by atoms with Crippen LogP contribution in [0.4, 0.5) is 4.79 Å². The first kappa shape index (κ1) is 13.2. The number of carbonyl (C=O) groups is 1. The Morgan fingerprint density at radius 3 is 2.62 bits per heavy atom. The van der Waals surface area contributed by atoms with Gasteiger partial charge in [0.15, 0.2) is 0 Å². The number of carbonyl (C=O) groups excluding carboxylic acids is 1. The van der Waals surface area contributed by atoms with Crippen LogP contribution in [0.15, 0.2) is 0 Å². The van der Waals surface area contributed by atoms with E-state index in [-0.39, 0.29) is 12.6 Å². The third-order valence-electron chi connectivity index (χ3n) is 2.32. The summed E-state index contributed by atoms with van der Waals surface area (Å²) in [6, 6.07) is -0.813. The molecule has 0 bridgehead atoms. The van der Waals surface area contributed by atoms with E-state index in [1.54, 1.807) is 20.8 Å². The molecule has 1 amide bonds. The fourth-order valence-corrected chi connectivity index (χ4v) is 1.57. The highest BCUT2D eigenvalue weighted by Crippen LogP contribution is 2.10. The zero-order valence-electron chi connectivity index (χ0n) is 9.86. The number of alkyl carbamates (subject to hydrolysis) is 1. The Hall–Kier alpha value is -0.850. The van der Waals surface area contributed by atoms with E-state index >= 15 is 0 Å². The quantitative estimate of drug-likeness (QED) is 0.500. The molecule has 0 unspecified atom stereocenters. The largest absolute Gasteiger partial charge is 0.444 e. The second-order valence-electron chi connectivity index (χ2n) is 4.94. The van der Waals surface area contributed by atoms with Crippen LogP contribution >= 0.6 is 0 Å². The minimum atomic E-state index is -0.794. The van der Waals surface area contributed by atoms with Crippen molar-refractivity contribution in [2.45, 2.75) is 44.6 Å². The van der Waals surface area contributed by atoms with Crippen molar-refractivity contribution in [3.05, 3.63) is 0 Å². The summed E-state index contributed by atoms with van der Waals surface area (Å²) < 4.78 is 5.07. The van der Waals surface area contributed by atoms with Crippen LogP contribution in [0.1, 0.15) is 20.8 Å². The molecule has 0 spiro atoms. The molecule has 6 heteroatoms. The van der Waals surface area contributed by atoms with Crippen LogP contribution in [0.2, 0.25) is 0 Å². The summed E-state index contributed by atoms with van der Waals surface area (Å²) in [5.74, 6) is 0. The maximum absolute atomic E-state index is 11.4. The Morgan fingerprint density at radius 2 is 2.19 bits per heavy atom. The van der Waals surface area contributed by atoms with Gasteiger partial charge in [-0.2, -0.15) is 0 Å². The molecule has 1 fully saturated rings. The molecule has 0 saturated carbocycles. The highest BCUT2D eigenvalue weighted by Gasteiger charge is 2.35. The van der Waals surface area contributed by atoms with Gasteiger partial charge in [0.2, 0.25) is 0 Å². The van der Waals surface area contributed by atoms with E-state index in [2.05, 4.69) is 10.6 Å². The third kappa shape index (κ3) is 3.62. The molecule has 1 heterocycles. The van der Waals surface area contributed by atoms with Gasteiger partial charge < -0.3 is 25.6 Å². The van der Waals surface area contributed by atoms with Gasteiger partial charge in [-0.05, 0) is 20.8 Å². The van der Waals surface area contributed by atoms with Gasteiger partial charge in [0.25, 0.3) is 0 Å². The van der Waals surface area contributed by atoms with Crippen LogP contribution in [0, 0.1) is 0 Å². The monoisotopic (exact) mass is 232 g/mol. The Bertz CT molecular complexity index is 252. The highest BCUT2D eigenvalue weighted by molar-refractivity contribution is 5.68. The number of aliphatic hydroxyl groups is 2. The first-order chi connectivity index (χ1) is 7.33. The number of hydrogen-bond acceptors (Lipinski definition) is 5. The van der Waals surface area contributed by atoms with Gasteiger partial charge in [0, 0.05) is 6.54 Å². The van der Waals surface area contributed by atoms with Crippen molar-refractivity contribution in [1.29, 1.82) is 0 Å². The SMILES string of the molecule is CC(C)(C)OC(=O)N[C@@H]1CN[C@H](CO)[C@H]1O. The van der Waals surface area contributed by atoms with Gasteiger partial charge in [-0.15, -0.1) is 0 Å². The van der Waals surface area contributed by atoms with Crippen molar-refractivity contribution in [2.24, 2.45) is 0 Å². The van der Waals surface area contributed by atoms with Gasteiger partial charge in [0.1, 0.15) is 5.60 Å². The molecule has 94 valence electrons. The molecule has 1 rings (SSSR count). The lowest BCUT2D eigenvalue weighted by molar-refractivity contribution is 0.0429. The average molecular weight is 232 g/mol. The Morgan fingerprint density at radius 1 is 1.56 bits per heavy atom. The minimum Gasteiger partial charge on any atom is -0.444 e. The lowest BCUT2D eigenvalue weighted by Crippen LogP contribution is -2.46. The van der Waals surface area contributed by atoms with E-state index in [9.17, 15) is 9.90 Å². The molecule has 0 radical (unpaired) electrons. The van der Waals surface area contributed by atoms with Crippen LogP contribution in [-0.4, -0.2) is 53.2 Å². The number of aliphatic hydroxyl groups excluding tert-OH is 2. The summed E-state index contributed by atoms with van der Waals surface area (Å²) in [5.41, 5.74) is -0.558. The summed E-state index contributed by atoms with van der Waals surface area (Å²) in [5, 5.41) is 24.1. The van der Waals surface area contributed by atoms with E-state index in [4.69, 9.17) is 9.84 Å². The minimum absolute atomic E-state index is 0.159. The first-order valence-corrected chi connectivity index (χ1v) is 5.35. The maximum Gasteiger partial charge on any atom is 0.408 e. The van der Waals surface area contributed by atoms with Crippen LogP contribution in [0.25, 0.3) is 0 Å². The summed E-state index contributed by atoms with van der Waals surface area (Å²) in [6.07, 6.45) is -1.35. The van der Waals surface area contributed by atoms with Crippen molar-refractivity contribution in [1.82, 2.24) is 10.6 Å². The Kier molecular flexibility index (Phi) is 4.12. The number of amides is 1. The number of nitrogens with one attached hydrogen (secondary N) is 2. The summed E-state index contributed by atoms with van der Waals surface area (Å²) >= 11 is 0. The lowest BCUT2D eigenvalue weighted by Gasteiger charge is -2.23. The molecule has 6 nitrogen and oxygen atoms in total. The van der Waals surface area contributed by atoms with E-state index < -0.39 is 23.8 Å². The molecular weight excluding hydrogens is 212 g/mol. The number of rotatable bonds is 2. The van der Waals surface area contributed by atoms with Gasteiger partial charge in [0.05, 0.1) is 24.8 Å². The summed E-state index contributed by atoms with van der Waals surface area (Å²) in [6.45, 7) is 5.57. The van der Waals surface area contributed by atoms with Crippen molar-refractivity contribution < 1.29 is 19.7 Å². The molecule has 4 N–H and O–H groups in total. The zero-order valence-corrected chi connectivity index (χ0v) is 9.86. The second kappa shape index (κ2) is 4.99. The van der Waals surface area contributed by atoms with Crippen LogP contribution in [0.3, 0.4) is 0 Å². The molecule has 1 aliphatic heterocycles. The third-order valence-corrected chi connectivity index (χ3v) is 2.32. The highest BCUT2D eigenvalue weighted by atomic mass is 16.6. The molecule has 3 atom stereocenters. The summed E-state index contributed by atoms with van der Waals surface area (Å²) in [7, 11) is 0. The molecule has 0 aromatic heterocycles. The molecule has 16 heavy (non-hydrogen) atoms. The lowest BCUT2D eigenvalue weighted by atomic mass is 10.1. The zero-order chi connectivity index (χ0) is 12.3. The fraction of sp³-hybridized carbons (Fsp3) is 0.900. The van der Waals surface area contributed by atoms with E-state index in [1.807, 2.05) is 0 Å². The Labute approximate surface area is 95.0 Å². The maximum atomic E-state index is 11.4. The molecule has 1 aliphatic rings.